The Bertz CT molecular complexity index is 1640. The summed E-state index contributed by atoms with van der Waals surface area (Å²) in [5.74, 6) is 1.81. The van der Waals surface area contributed by atoms with E-state index in [0.29, 0.717) is 31.0 Å². The van der Waals surface area contributed by atoms with Gasteiger partial charge in [0.1, 0.15) is 5.75 Å². The van der Waals surface area contributed by atoms with Gasteiger partial charge in [-0.25, -0.2) is 0 Å². The number of carbonyl (C=O) groups excluding carboxylic acids is 2. The molecule has 42 heavy (non-hydrogen) atoms. The highest BCUT2D eigenvalue weighted by atomic mass is 16.5. The molecule has 1 unspecified atom stereocenters. The summed E-state index contributed by atoms with van der Waals surface area (Å²) in [4.78, 5) is 35.2. The SMILES string of the molecule is COc1ccc(CCN2CC(=O)N3CC(c4ccc(OC(C)C)c(OC)c4)c4c([nH]c5ccccc45)[C@@]3(C)C2=O)cc1. The number of carbonyl (C=O) groups is 2. The summed E-state index contributed by atoms with van der Waals surface area (Å²) in [6, 6.07) is 21.9. The van der Waals surface area contributed by atoms with E-state index in [0.717, 1.165) is 39.0 Å². The topological polar surface area (TPSA) is 84.1 Å². The molecule has 2 amide bonds. The van der Waals surface area contributed by atoms with E-state index in [1.807, 2.05) is 81.4 Å². The highest BCUT2D eigenvalue weighted by molar-refractivity contribution is 6.01. The van der Waals surface area contributed by atoms with Crippen molar-refractivity contribution in [3.8, 4) is 17.2 Å². The van der Waals surface area contributed by atoms with Crippen LogP contribution in [0.4, 0.5) is 0 Å². The third-order valence-corrected chi connectivity index (χ3v) is 8.60. The standard InChI is InChI=1S/C34H37N3O5/c1-21(2)42-28-15-12-23(18-29(28)41-5)26-19-37-30(38)20-36(17-16-22-10-13-24(40-4)14-11-22)33(39)34(37,3)32-31(26)25-8-6-7-9-27(25)35-32/h6-15,18,21,26,35H,16-17,19-20H2,1-5H3/t26?,34-/m0/s1. The molecule has 0 radical (unpaired) electrons. The van der Waals surface area contributed by atoms with Crippen molar-refractivity contribution < 1.29 is 23.8 Å². The van der Waals surface area contributed by atoms with E-state index in [1.165, 1.54) is 0 Å². The molecule has 3 heterocycles. The van der Waals surface area contributed by atoms with Crippen molar-refractivity contribution in [1.29, 1.82) is 0 Å². The lowest BCUT2D eigenvalue weighted by Crippen LogP contribution is -2.67. The zero-order valence-electron chi connectivity index (χ0n) is 24.8. The first-order valence-corrected chi connectivity index (χ1v) is 14.4. The monoisotopic (exact) mass is 567 g/mol. The lowest BCUT2D eigenvalue weighted by atomic mass is 9.76. The zero-order valence-corrected chi connectivity index (χ0v) is 24.8. The van der Waals surface area contributed by atoms with Crippen LogP contribution in [0.5, 0.6) is 17.2 Å². The molecule has 1 saturated heterocycles. The number of para-hydroxylation sites is 1. The lowest BCUT2D eigenvalue weighted by Gasteiger charge is -2.51. The summed E-state index contributed by atoms with van der Waals surface area (Å²) in [6.45, 7) is 6.73. The number of nitrogens with zero attached hydrogens (tertiary/aromatic N) is 2. The van der Waals surface area contributed by atoms with Crippen molar-refractivity contribution in [2.24, 2.45) is 0 Å². The summed E-state index contributed by atoms with van der Waals surface area (Å²) in [7, 11) is 3.27. The highest BCUT2D eigenvalue weighted by Gasteiger charge is 2.56. The molecule has 218 valence electrons. The van der Waals surface area contributed by atoms with Crippen LogP contribution in [-0.4, -0.2) is 66.6 Å². The van der Waals surface area contributed by atoms with Crippen LogP contribution in [0, 0.1) is 0 Å². The number of hydrogen-bond donors (Lipinski definition) is 1. The van der Waals surface area contributed by atoms with Crippen LogP contribution in [0.1, 0.15) is 49.1 Å². The second-order valence-electron chi connectivity index (χ2n) is 11.5. The van der Waals surface area contributed by atoms with Gasteiger partial charge in [-0.05, 0) is 74.2 Å². The molecule has 0 saturated carbocycles. The van der Waals surface area contributed by atoms with E-state index in [-0.39, 0.29) is 30.4 Å². The molecular weight excluding hydrogens is 530 g/mol. The molecule has 1 aromatic heterocycles. The fourth-order valence-corrected chi connectivity index (χ4v) is 6.46. The summed E-state index contributed by atoms with van der Waals surface area (Å²) < 4.78 is 16.9. The van der Waals surface area contributed by atoms with Gasteiger partial charge in [-0.3, -0.25) is 9.59 Å². The van der Waals surface area contributed by atoms with E-state index in [4.69, 9.17) is 14.2 Å². The zero-order chi connectivity index (χ0) is 29.6. The largest absolute Gasteiger partial charge is 0.497 e. The Labute approximate surface area is 246 Å². The number of ether oxygens (including phenoxy) is 3. The first-order valence-electron chi connectivity index (χ1n) is 14.4. The highest BCUT2D eigenvalue weighted by Crippen LogP contribution is 2.49. The smallest absolute Gasteiger partial charge is 0.254 e. The van der Waals surface area contributed by atoms with Gasteiger partial charge in [0.2, 0.25) is 5.91 Å². The molecule has 4 aromatic rings. The number of benzene rings is 3. The molecule has 1 fully saturated rings. The Hall–Kier alpha value is -4.46. The van der Waals surface area contributed by atoms with Gasteiger partial charge < -0.3 is 29.0 Å². The number of methoxy groups -OCH3 is 2. The molecule has 2 aliphatic rings. The first kappa shape index (κ1) is 27.7. The molecule has 2 atom stereocenters. The molecule has 8 heteroatoms. The van der Waals surface area contributed by atoms with Gasteiger partial charge >= 0.3 is 0 Å². The minimum atomic E-state index is -1.15. The van der Waals surface area contributed by atoms with E-state index in [9.17, 15) is 9.59 Å². The Morgan fingerprint density at radius 2 is 1.74 bits per heavy atom. The van der Waals surface area contributed by atoms with Crippen LogP contribution in [0.2, 0.25) is 0 Å². The number of hydrogen-bond acceptors (Lipinski definition) is 5. The molecule has 3 aromatic carbocycles. The van der Waals surface area contributed by atoms with Crippen molar-refractivity contribution in [3.05, 3.63) is 89.1 Å². The van der Waals surface area contributed by atoms with Gasteiger partial charge in [-0.15, -0.1) is 0 Å². The average Bonchev–Trinajstić information content (AvgIpc) is 3.39. The number of piperazine rings is 1. The van der Waals surface area contributed by atoms with Crippen molar-refractivity contribution in [1.82, 2.24) is 14.8 Å². The van der Waals surface area contributed by atoms with E-state index in [1.54, 1.807) is 24.0 Å². The van der Waals surface area contributed by atoms with Crippen molar-refractivity contribution >= 4 is 22.7 Å². The minimum Gasteiger partial charge on any atom is -0.497 e. The number of H-pyrrole nitrogens is 1. The fourth-order valence-electron chi connectivity index (χ4n) is 6.46. The van der Waals surface area contributed by atoms with Gasteiger partial charge in [-0.1, -0.05) is 36.4 Å². The van der Waals surface area contributed by atoms with Crippen molar-refractivity contribution in [2.45, 2.75) is 44.8 Å². The number of rotatable bonds is 8. The van der Waals surface area contributed by atoms with Crippen LogP contribution in [0.15, 0.2) is 66.7 Å². The maximum Gasteiger partial charge on any atom is 0.254 e. The second kappa shape index (κ2) is 10.7. The fraction of sp³-hybridized carbons (Fsp3) is 0.353. The summed E-state index contributed by atoms with van der Waals surface area (Å²) in [5.41, 5.74) is 3.69. The molecule has 0 bridgehead atoms. The maximum atomic E-state index is 14.3. The predicted molar refractivity (Wildman–Crippen MR) is 161 cm³/mol. The normalized spacial score (nSPS) is 20.1. The van der Waals surface area contributed by atoms with Crippen LogP contribution in [0.25, 0.3) is 10.9 Å². The van der Waals surface area contributed by atoms with Crippen LogP contribution in [-0.2, 0) is 21.5 Å². The van der Waals surface area contributed by atoms with Gasteiger partial charge in [0.05, 0.1) is 32.6 Å². The molecule has 8 nitrogen and oxygen atoms in total. The van der Waals surface area contributed by atoms with Gasteiger partial charge in [-0.2, -0.15) is 0 Å². The van der Waals surface area contributed by atoms with E-state index < -0.39 is 5.54 Å². The quantitative estimate of drug-likeness (QED) is 0.315. The summed E-state index contributed by atoms with van der Waals surface area (Å²) in [5, 5.41) is 1.05. The number of fused-ring (bicyclic) bond motifs is 5. The molecule has 0 spiro atoms. The Balaban J connectivity index is 1.40. The van der Waals surface area contributed by atoms with E-state index >= 15 is 0 Å². The molecular formula is C34H37N3O5. The van der Waals surface area contributed by atoms with Crippen LogP contribution in [0.3, 0.4) is 0 Å². The predicted octanol–water partition coefficient (Wildman–Crippen LogP) is 5.25. The molecule has 1 N–H and O–H groups in total. The van der Waals surface area contributed by atoms with Crippen LogP contribution >= 0.6 is 0 Å². The summed E-state index contributed by atoms with van der Waals surface area (Å²) in [6.07, 6.45) is 0.649. The Kier molecular flexibility index (Phi) is 7.09. The molecule has 2 aliphatic heterocycles. The molecule has 6 rings (SSSR count). The number of aromatic nitrogens is 1. The maximum absolute atomic E-state index is 14.3. The van der Waals surface area contributed by atoms with Crippen LogP contribution < -0.4 is 14.2 Å². The molecule has 0 aliphatic carbocycles. The number of nitrogens with one attached hydrogen (secondary N) is 1. The lowest BCUT2D eigenvalue weighted by molar-refractivity contribution is -0.166. The van der Waals surface area contributed by atoms with E-state index in [2.05, 4.69) is 11.1 Å². The first-order chi connectivity index (χ1) is 20.2. The average molecular weight is 568 g/mol. The Morgan fingerprint density at radius 1 is 0.976 bits per heavy atom. The summed E-state index contributed by atoms with van der Waals surface area (Å²) >= 11 is 0. The second-order valence-corrected chi connectivity index (χ2v) is 11.5. The third kappa shape index (κ3) is 4.55. The van der Waals surface area contributed by atoms with Gasteiger partial charge in [0, 0.05) is 29.9 Å². The van der Waals surface area contributed by atoms with Crippen molar-refractivity contribution in [2.75, 3.05) is 33.9 Å². The third-order valence-electron chi connectivity index (χ3n) is 8.60. The van der Waals surface area contributed by atoms with Crippen molar-refractivity contribution in [3.63, 3.8) is 0 Å². The minimum absolute atomic E-state index is 0.00464. The van der Waals surface area contributed by atoms with Gasteiger partial charge in [0.15, 0.2) is 17.0 Å². The Morgan fingerprint density at radius 3 is 2.45 bits per heavy atom. The number of aromatic amines is 1. The van der Waals surface area contributed by atoms with Gasteiger partial charge in [0.25, 0.3) is 5.91 Å². The number of amides is 2.